The first-order chi connectivity index (χ1) is 18.2. The highest BCUT2D eigenvalue weighted by molar-refractivity contribution is 6.06. The highest BCUT2D eigenvalue weighted by Crippen LogP contribution is 2.37. The van der Waals surface area contributed by atoms with Crippen molar-refractivity contribution in [2.45, 2.75) is 6.17 Å². The predicted molar refractivity (Wildman–Crippen MR) is 152 cm³/mol. The molecule has 198 valence electrons. The highest BCUT2D eigenvalue weighted by atomic mass is 16.5. The summed E-state index contributed by atoms with van der Waals surface area (Å²) in [6.45, 7) is 1.52. The Balaban J connectivity index is 1.70. The van der Waals surface area contributed by atoms with Crippen LogP contribution in [0.5, 0.6) is 5.75 Å². The number of hydrogen-bond donors (Lipinski definition) is 3. The molecule has 3 N–H and O–H groups in total. The molecule has 1 unspecified atom stereocenters. The molecule has 0 saturated carbocycles. The zero-order chi connectivity index (χ0) is 27.4. The highest BCUT2D eigenvalue weighted by Gasteiger charge is 2.21. The van der Waals surface area contributed by atoms with Crippen molar-refractivity contribution in [1.29, 1.82) is 0 Å². The molecular weight excluding hydrogens is 484 g/mol. The molecule has 0 aliphatic carbocycles. The van der Waals surface area contributed by atoms with E-state index in [1.807, 2.05) is 56.4 Å². The summed E-state index contributed by atoms with van der Waals surface area (Å²) in [6.07, 6.45) is 8.28. The van der Waals surface area contributed by atoms with Crippen LogP contribution in [0, 0.1) is 12.3 Å². The third-order valence-corrected chi connectivity index (χ3v) is 6.25. The van der Waals surface area contributed by atoms with Gasteiger partial charge < -0.3 is 30.5 Å². The van der Waals surface area contributed by atoms with Crippen molar-refractivity contribution in [1.82, 2.24) is 19.4 Å². The normalized spacial score (nSPS) is 14.6. The number of benzene rings is 2. The van der Waals surface area contributed by atoms with Crippen molar-refractivity contribution in [2.75, 3.05) is 56.9 Å². The first kappa shape index (κ1) is 26.4. The van der Waals surface area contributed by atoms with Gasteiger partial charge in [-0.15, -0.1) is 6.42 Å². The summed E-state index contributed by atoms with van der Waals surface area (Å²) in [5, 5.41) is 9.09. The number of para-hydroxylation sites is 2. The average Bonchev–Trinajstić information content (AvgIpc) is 3.17. The van der Waals surface area contributed by atoms with E-state index in [1.54, 1.807) is 41.6 Å². The zero-order valence-corrected chi connectivity index (χ0v) is 22.1. The Labute approximate surface area is 221 Å². The van der Waals surface area contributed by atoms with Crippen molar-refractivity contribution in [3.63, 3.8) is 0 Å². The first-order valence-electron chi connectivity index (χ1n) is 12.0. The molecule has 11 heteroatoms. The Kier molecular flexibility index (Phi) is 7.74. The lowest BCUT2D eigenvalue weighted by molar-refractivity contribution is -0.111. The summed E-state index contributed by atoms with van der Waals surface area (Å²) >= 11 is 0. The van der Waals surface area contributed by atoms with E-state index in [0.29, 0.717) is 29.6 Å². The molecule has 0 spiro atoms. The number of nitrogens with one attached hydrogen (secondary N) is 3. The van der Waals surface area contributed by atoms with Crippen LogP contribution >= 0.6 is 0 Å². The van der Waals surface area contributed by atoms with E-state index in [0.717, 1.165) is 23.3 Å². The number of hydrogen-bond acceptors (Lipinski definition) is 8. The van der Waals surface area contributed by atoms with Crippen LogP contribution in [0.1, 0.15) is 6.17 Å². The number of aryl methyl sites for hydroxylation is 1. The maximum atomic E-state index is 13.0. The number of nitrogens with zero attached hydrogens (tertiary/aromatic N) is 5. The number of likely N-dealkylation sites (N-methyl/N-ethyl adjacent to an activating group) is 2. The number of imidazole rings is 1. The molecule has 4 rings (SSSR count). The molecule has 1 aromatic heterocycles. The minimum Gasteiger partial charge on any atom is -0.494 e. The second-order valence-corrected chi connectivity index (χ2v) is 9.11. The second kappa shape index (κ2) is 11.1. The molecule has 1 aliphatic heterocycles. The largest absolute Gasteiger partial charge is 0.494 e. The van der Waals surface area contributed by atoms with E-state index in [1.165, 1.54) is 0 Å². The maximum absolute atomic E-state index is 13.0. The van der Waals surface area contributed by atoms with E-state index >= 15 is 0 Å². The Hall–Kier alpha value is -4.69. The van der Waals surface area contributed by atoms with Gasteiger partial charge in [0.2, 0.25) is 5.96 Å². The van der Waals surface area contributed by atoms with E-state index in [9.17, 15) is 9.59 Å². The summed E-state index contributed by atoms with van der Waals surface area (Å²) in [7, 11) is 9.23. The molecule has 2 heterocycles. The Bertz CT molecular complexity index is 1510. The number of terminal acetylenes is 1. The number of rotatable bonds is 8. The van der Waals surface area contributed by atoms with Crippen LogP contribution in [-0.4, -0.2) is 67.2 Å². The molecule has 11 nitrogen and oxygen atoms in total. The summed E-state index contributed by atoms with van der Waals surface area (Å²) in [5.41, 5.74) is 3.24. The van der Waals surface area contributed by atoms with Gasteiger partial charge >= 0.3 is 5.69 Å². The van der Waals surface area contributed by atoms with Gasteiger partial charge in [-0.3, -0.25) is 13.9 Å². The average molecular weight is 517 g/mol. The number of anilines is 3. The minimum absolute atomic E-state index is 0.173. The molecule has 1 amide bonds. The fraction of sp³-hybridized carbons (Fsp3) is 0.296. The van der Waals surface area contributed by atoms with Gasteiger partial charge in [0.15, 0.2) is 6.17 Å². The quantitative estimate of drug-likeness (QED) is 0.393. The SMILES string of the molecule is C#CC(=O)Nc1cc(NC2=NC(n3c(=O)n(C)c4ccccc43)C=CN2)c(OC)cc1N(C)CCN(C)C. The van der Waals surface area contributed by atoms with Crippen molar-refractivity contribution in [3.05, 3.63) is 59.2 Å². The smallest absolute Gasteiger partial charge is 0.330 e. The number of amides is 1. The third kappa shape index (κ3) is 5.35. The van der Waals surface area contributed by atoms with Gasteiger partial charge in [0, 0.05) is 39.5 Å². The first-order valence-corrected chi connectivity index (χ1v) is 12.0. The Morgan fingerprint density at radius 1 is 1.18 bits per heavy atom. The molecule has 0 bridgehead atoms. The molecule has 1 atom stereocenters. The molecule has 0 fully saturated rings. The lowest BCUT2D eigenvalue weighted by atomic mass is 10.2. The van der Waals surface area contributed by atoms with Gasteiger partial charge in [0.1, 0.15) is 5.75 Å². The van der Waals surface area contributed by atoms with E-state index < -0.39 is 12.1 Å². The van der Waals surface area contributed by atoms with Gasteiger partial charge in [-0.1, -0.05) is 12.1 Å². The van der Waals surface area contributed by atoms with Gasteiger partial charge in [-0.2, -0.15) is 0 Å². The number of guanidine groups is 1. The van der Waals surface area contributed by atoms with E-state index in [4.69, 9.17) is 16.2 Å². The third-order valence-electron chi connectivity index (χ3n) is 6.25. The van der Waals surface area contributed by atoms with Crippen molar-refractivity contribution < 1.29 is 9.53 Å². The molecule has 1 aliphatic rings. The van der Waals surface area contributed by atoms with Crippen LogP contribution in [0.3, 0.4) is 0 Å². The number of fused-ring (bicyclic) bond motifs is 1. The number of aliphatic imine (C=N–C) groups is 1. The van der Waals surface area contributed by atoms with Gasteiger partial charge in [-0.05, 0) is 44.3 Å². The Morgan fingerprint density at radius 3 is 2.61 bits per heavy atom. The topological polar surface area (TPSA) is 108 Å². The fourth-order valence-corrected chi connectivity index (χ4v) is 4.22. The predicted octanol–water partition coefficient (Wildman–Crippen LogP) is 2.00. The van der Waals surface area contributed by atoms with Crippen molar-refractivity contribution >= 4 is 40.0 Å². The van der Waals surface area contributed by atoms with Crippen molar-refractivity contribution in [2.24, 2.45) is 12.0 Å². The summed E-state index contributed by atoms with van der Waals surface area (Å²) in [5.74, 6) is 2.47. The summed E-state index contributed by atoms with van der Waals surface area (Å²) in [4.78, 5) is 33.9. The Morgan fingerprint density at radius 2 is 1.92 bits per heavy atom. The molecule has 3 aromatic rings. The standard InChI is InChI=1S/C27H32N8O3/c1-7-25(36)29-18-16-19(23(38-6)17-22(18)33(4)15-14-32(2)3)30-26-28-13-12-24(31-26)35-21-11-9-8-10-20(21)34(5)27(35)37/h1,8-13,16-17,24H,14-15H2,2-6H3,(H,29,36)(H2,28,30,31). The number of aromatic nitrogens is 2. The second-order valence-electron chi connectivity index (χ2n) is 9.11. The van der Waals surface area contributed by atoms with Crippen LogP contribution < -0.4 is 31.3 Å². The minimum atomic E-state index is -0.569. The molecule has 2 aromatic carbocycles. The summed E-state index contributed by atoms with van der Waals surface area (Å²) < 4.78 is 8.90. The molecular formula is C27H32N8O3. The van der Waals surface area contributed by atoms with Gasteiger partial charge in [0.05, 0.1) is 35.2 Å². The maximum Gasteiger partial charge on any atom is 0.330 e. The van der Waals surface area contributed by atoms with E-state index in [2.05, 4.69) is 26.8 Å². The number of ether oxygens (including phenoxy) is 1. The monoisotopic (exact) mass is 516 g/mol. The lowest BCUT2D eigenvalue weighted by Crippen LogP contribution is -2.33. The fourth-order valence-electron chi connectivity index (χ4n) is 4.22. The van der Waals surface area contributed by atoms with Crippen LogP contribution in [0.4, 0.5) is 17.1 Å². The summed E-state index contributed by atoms with van der Waals surface area (Å²) in [6, 6.07) is 11.2. The van der Waals surface area contributed by atoms with Crippen molar-refractivity contribution in [3.8, 4) is 18.1 Å². The van der Waals surface area contributed by atoms with Gasteiger partial charge in [0.25, 0.3) is 5.91 Å². The molecule has 0 radical (unpaired) electrons. The van der Waals surface area contributed by atoms with Crippen LogP contribution in [-0.2, 0) is 11.8 Å². The molecule has 0 saturated heterocycles. The lowest BCUT2D eigenvalue weighted by Gasteiger charge is -2.26. The van der Waals surface area contributed by atoms with Crippen LogP contribution in [0.25, 0.3) is 11.0 Å². The molecule has 38 heavy (non-hydrogen) atoms. The number of methoxy groups -OCH3 is 1. The number of carbonyl (C=O) groups is 1. The van der Waals surface area contributed by atoms with Gasteiger partial charge in [-0.25, -0.2) is 9.79 Å². The number of carbonyl (C=O) groups excluding carboxylic acids is 1. The van der Waals surface area contributed by atoms with Crippen LogP contribution in [0.15, 0.2) is 58.5 Å². The van der Waals surface area contributed by atoms with Crippen LogP contribution in [0.2, 0.25) is 0 Å². The zero-order valence-electron chi connectivity index (χ0n) is 22.1. The van der Waals surface area contributed by atoms with E-state index in [-0.39, 0.29) is 5.69 Å².